The number of hydrogen-bond acceptors (Lipinski definition) is 13. The Kier molecular flexibility index (Phi) is 19.5. The van der Waals surface area contributed by atoms with Crippen molar-refractivity contribution in [3.8, 4) is 120 Å². The summed E-state index contributed by atoms with van der Waals surface area (Å²) in [5.74, 6) is 5.02. The van der Waals surface area contributed by atoms with Crippen LogP contribution < -0.4 is 0 Å². The number of benzene rings is 20. The standard InChI is InChI=1S/C47H28N6O.C43H26N4O.C38H23N3O/c1-3-14-29(15-4-1)44-50-45(30-16-5-2-6-17-30)52-46(51-44)32-19-11-18-31(28-32)43-35-21-7-9-23-36(35)48-47(49-43)53-37-24-12-22-34-33-20-8-10-26-39(33)54-40-27-13-25-38(53)42(40)41(34)37;1-3-12-28(13-4-1)41-44-42(29-14-5-2-6-15-29)46-43(45-41)30-21-24-31(25-22-30)47-34-18-9-17-33-38-32-16-8-7-11-27(32)23-26-37(38)48-36-20-10-19-35(47)40(36)39(33)34;1-2-11-24(12-3-1)37-29-16-4-6-18-30(29)39-38(40-37)25-13-8-14-26(23-25)41-31-19-9-17-28-27-15-5-7-21-33(27)42-34-22-10-20-32(41)36(34)35(28)31/h1-28H;1-26H;1-23H. The van der Waals surface area contributed by atoms with Gasteiger partial charge in [0.1, 0.15) is 33.5 Å². The minimum atomic E-state index is 0.579. The highest BCUT2D eigenvalue weighted by Crippen LogP contribution is 2.48. The van der Waals surface area contributed by atoms with E-state index in [2.05, 4.69) is 262 Å². The summed E-state index contributed by atoms with van der Waals surface area (Å²) in [4.78, 5) is 50.3. The van der Waals surface area contributed by atoms with Gasteiger partial charge in [-0.1, -0.05) is 340 Å². The highest BCUT2D eigenvalue weighted by molar-refractivity contribution is 6.31. The fourth-order valence-corrected chi connectivity index (χ4v) is 21.1. The number of rotatable bonds is 12. The van der Waals surface area contributed by atoms with Crippen molar-refractivity contribution in [1.29, 1.82) is 0 Å². The summed E-state index contributed by atoms with van der Waals surface area (Å²) in [5, 5.41) is 17.9. The van der Waals surface area contributed by atoms with Crippen molar-refractivity contribution in [2.75, 3.05) is 0 Å². The quantitative estimate of drug-likeness (QED) is 0.113. The van der Waals surface area contributed by atoms with Crippen LogP contribution in [0.15, 0.2) is 480 Å². The lowest BCUT2D eigenvalue weighted by molar-refractivity contribution is 0.663. The molecule has 30 rings (SSSR count). The van der Waals surface area contributed by atoms with Crippen molar-refractivity contribution in [3.63, 3.8) is 0 Å². The average Bonchev–Trinajstić information content (AvgIpc) is 1.56. The predicted octanol–water partition coefficient (Wildman–Crippen LogP) is 32.5. The Morgan fingerprint density at radius 1 is 0.153 bits per heavy atom. The van der Waals surface area contributed by atoms with Gasteiger partial charge in [0.05, 0.1) is 71.7 Å². The number of para-hydroxylation sites is 4. The molecule has 0 unspecified atom stereocenters. The van der Waals surface area contributed by atoms with E-state index in [1.54, 1.807) is 0 Å². The number of nitrogens with zero attached hydrogens (tertiary/aromatic N) is 13. The van der Waals surface area contributed by atoms with Crippen LogP contribution >= 0.6 is 0 Å². The van der Waals surface area contributed by atoms with Crippen LogP contribution in [0.1, 0.15) is 0 Å². The third kappa shape index (κ3) is 14.0. The van der Waals surface area contributed by atoms with Crippen LogP contribution in [-0.2, 0) is 0 Å². The first-order valence-corrected chi connectivity index (χ1v) is 48.0. The van der Waals surface area contributed by atoms with Crippen molar-refractivity contribution in [1.82, 2.24) is 63.5 Å². The molecule has 10 heterocycles. The Bertz CT molecular complexity index is 10300. The minimum Gasteiger partial charge on any atom is -0.456 e. The number of fused-ring (bicyclic) bond motifs is 10. The third-order valence-corrected chi connectivity index (χ3v) is 27.5. The lowest BCUT2D eigenvalue weighted by atomic mass is 10.0. The first-order chi connectivity index (χ1) is 71.4. The molecular formula is C128H77N13O3. The lowest BCUT2D eigenvalue weighted by Crippen LogP contribution is -2.03. The van der Waals surface area contributed by atoms with Crippen molar-refractivity contribution in [3.05, 3.63) is 467 Å². The highest BCUT2D eigenvalue weighted by atomic mass is 16.3. The first kappa shape index (κ1) is 82.4. The van der Waals surface area contributed by atoms with Gasteiger partial charge in [-0.05, 0) is 154 Å². The Labute approximate surface area is 821 Å². The molecule has 10 aromatic heterocycles. The SMILES string of the molecule is c1ccc(-c2nc(-c3cccc(-n4c5cccc6oc7ccccc7c7cccc4c7c65)c3)nc3ccccc23)cc1.c1ccc(-c2nc(-c3ccccc3)nc(-c3ccc(-n4c5cccc6oc7ccc8ccccc8c7c7cccc4c7c65)cc3)n2)cc1.c1ccc(-c2nc(-c3ccccc3)nc(-c3cccc(-c4nc(-n5c6cccc7oc8ccccc8c8cccc5c8c76)nc5ccccc45)c3)n2)cc1. The van der Waals surface area contributed by atoms with Gasteiger partial charge in [-0.2, -0.15) is 0 Å². The summed E-state index contributed by atoms with van der Waals surface area (Å²) in [6.45, 7) is 0. The van der Waals surface area contributed by atoms with Gasteiger partial charge < -0.3 is 22.4 Å². The largest absolute Gasteiger partial charge is 0.456 e. The molecule has 672 valence electrons. The molecule has 0 aliphatic rings. The molecule has 144 heavy (non-hydrogen) atoms. The molecular weight excluding hydrogens is 1770 g/mol. The zero-order chi connectivity index (χ0) is 94.8. The summed E-state index contributed by atoms with van der Waals surface area (Å²) in [6, 6.07) is 160. The summed E-state index contributed by atoms with van der Waals surface area (Å²) in [6.07, 6.45) is 0. The molecule has 0 fully saturated rings. The van der Waals surface area contributed by atoms with Gasteiger partial charge in [0.15, 0.2) is 40.8 Å². The van der Waals surface area contributed by atoms with E-state index in [1.807, 2.05) is 218 Å². The molecule has 20 aromatic carbocycles. The van der Waals surface area contributed by atoms with Gasteiger partial charge in [-0.15, -0.1) is 0 Å². The minimum absolute atomic E-state index is 0.579. The van der Waals surface area contributed by atoms with Crippen LogP contribution in [0.4, 0.5) is 0 Å². The first-order valence-electron chi connectivity index (χ1n) is 48.0. The molecule has 16 nitrogen and oxygen atoms in total. The van der Waals surface area contributed by atoms with Crippen molar-refractivity contribution < 1.29 is 13.3 Å². The highest BCUT2D eigenvalue weighted by Gasteiger charge is 2.27. The molecule has 0 amide bonds. The Hall–Kier alpha value is -19.8. The van der Waals surface area contributed by atoms with E-state index in [1.165, 1.54) is 32.3 Å². The van der Waals surface area contributed by atoms with Gasteiger partial charge in [-0.25, -0.2) is 49.8 Å². The zero-order valence-corrected chi connectivity index (χ0v) is 77.0. The van der Waals surface area contributed by atoms with Gasteiger partial charge in [0, 0.05) is 105 Å². The second-order valence-corrected chi connectivity index (χ2v) is 35.9. The zero-order valence-electron chi connectivity index (χ0n) is 77.0. The topological polar surface area (TPSA) is 183 Å². The molecule has 0 atom stereocenters. The van der Waals surface area contributed by atoms with Crippen LogP contribution in [0.25, 0.3) is 283 Å². The normalized spacial score (nSPS) is 11.8. The monoisotopic (exact) mass is 1840 g/mol. The fourth-order valence-electron chi connectivity index (χ4n) is 21.1. The van der Waals surface area contributed by atoms with E-state index in [4.69, 9.17) is 63.1 Å². The van der Waals surface area contributed by atoms with E-state index >= 15 is 0 Å². The molecule has 0 saturated heterocycles. The Morgan fingerprint density at radius 3 is 0.986 bits per heavy atom. The van der Waals surface area contributed by atoms with E-state index < -0.39 is 0 Å². The molecule has 0 spiro atoms. The predicted molar refractivity (Wildman–Crippen MR) is 584 cm³/mol. The van der Waals surface area contributed by atoms with E-state index in [-0.39, 0.29) is 0 Å². The Balaban J connectivity index is 0.000000106. The molecule has 30 aromatic rings. The van der Waals surface area contributed by atoms with Gasteiger partial charge in [0.25, 0.3) is 0 Å². The summed E-state index contributed by atoms with van der Waals surface area (Å²) in [7, 11) is 0. The second kappa shape index (κ2) is 34.1. The smallest absolute Gasteiger partial charge is 0.235 e. The van der Waals surface area contributed by atoms with Crippen LogP contribution in [0.3, 0.4) is 0 Å². The van der Waals surface area contributed by atoms with Crippen LogP contribution in [-0.4, -0.2) is 63.5 Å². The fraction of sp³-hybridized carbons (Fsp3) is 0. The average molecular weight is 1850 g/mol. The van der Waals surface area contributed by atoms with Crippen LogP contribution in [0, 0.1) is 0 Å². The lowest BCUT2D eigenvalue weighted by Gasteiger charge is -2.13. The molecule has 0 saturated carbocycles. The number of aromatic nitrogens is 13. The van der Waals surface area contributed by atoms with Gasteiger partial charge >= 0.3 is 0 Å². The second-order valence-electron chi connectivity index (χ2n) is 35.9. The van der Waals surface area contributed by atoms with E-state index in [9.17, 15) is 0 Å². The van der Waals surface area contributed by atoms with E-state index in [0.717, 1.165) is 204 Å². The number of hydrogen-bond donors (Lipinski definition) is 0. The van der Waals surface area contributed by atoms with Crippen molar-refractivity contribution >= 4 is 164 Å². The molecule has 0 aliphatic heterocycles. The summed E-state index contributed by atoms with van der Waals surface area (Å²) >= 11 is 0. The maximum absolute atomic E-state index is 6.71. The third-order valence-electron chi connectivity index (χ3n) is 27.5. The van der Waals surface area contributed by atoms with Crippen LogP contribution in [0.5, 0.6) is 0 Å². The van der Waals surface area contributed by atoms with Crippen LogP contribution in [0.2, 0.25) is 0 Å². The molecule has 0 aliphatic carbocycles. The summed E-state index contributed by atoms with van der Waals surface area (Å²) < 4.78 is 26.7. The maximum Gasteiger partial charge on any atom is 0.235 e. The van der Waals surface area contributed by atoms with Crippen molar-refractivity contribution in [2.24, 2.45) is 0 Å². The molecule has 0 N–H and O–H groups in total. The molecule has 0 radical (unpaired) electrons. The summed E-state index contributed by atoms with van der Waals surface area (Å²) in [5.41, 5.74) is 25.7. The maximum atomic E-state index is 6.71. The van der Waals surface area contributed by atoms with Gasteiger partial charge in [-0.3, -0.25) is 4.57 Å². The van der Waals surface area contributed by atoms with Gasteiger partial charge in [0.2, 0.25) is 5.95 Å². The van der Waals surface area contributed by atoms with Crippen molar-refractivity contribution in [2.45, 2.75) is 0 Å². The van der Waals surface area contributed by atoms with E-state index in [0.29, 0.717) is 46.7 Å². The molecule has 16 heteroatoms. The molecule has 0 bridgehead atoms. The Morgan fingerprint density at radius 2 is 0.472 bits per heavy atom.